The number of likely N-dealkylation sites (tertiary alicyclic amines) is 1. The van der Waals surface area contributed by atoms with Gasteiger partial charge in [0.15, 0.2) is 5.58 Å². The Morgan fingerprint density at radius 2 is 1.80 bits per heavy atom. The number of aromatic nitrogens is 2. The number of nitrogens with two attached hydrogens (primary N) is 1. The third-order valence-corrected chi connectivity index (χ3v) is 8.31. The number of nitrogens with zero attached hydrogens (tertiary/aromatic N) is 2. The lowest BCUT2D eigenvalue weighted by Gasteiger charge is -2.33. The maximum absolute atomic E-state index is 13.9. The molecular weight excluding hydrogens is 556 g/mol. The van der Waals surface area contributed by atoms with Gasteiger partial charge in [0.2, 0.25) is 5.91 Å². The predicted molar refractivity (Wildman–Crippen MR) is 172 cm³/mol. The first-order chi connectivity index (χ1) is 21.2. The second-order valence-corrected chi connectivity index (χ2v) is 12.8. The van der Waals surface area contributed by atoms with Crippen LogP contribution in [0.25, 0.3) is 21.9 Å². The molecule has 0 radical (unpaired) electrons. The number of carbonyl (C=O) groups is 2. The summed E-state index contributed by atoms with van der Waals surface area (Å²) in [6.07, 6.45) is 6.32. The molecular formula is C34H46N6O4. The zero-order valence-corrected chi connectivity index (χ0v) is 26.1. The molecule has 44 heavy (non-hydrogen) atoms. The maximum atomic E-state index is 13.9. The number of para-hydroxylation sites is 2. The van der Waals surface area contributed by atoms with E-state index in [0.717, 1.165) is 71.9 Å². The van der Waals surface area contributed by atoms with Gasteiger partial charge in [0.05, 0.1) is 11.7 Å². The van der Waals surface area contributed by atoms with E-state index in [1.54, 1.807) is 0 Å². The first-order valence-corrected chi connectivity index (χ1v) is 15.8. The van der Waals surface area contributed by atoms with Crippen LogP contribution in [-0.2, 0) is 20.7 Å². The zero-order chi connectivity index (χ0) is 31.1. The van der Waals surface area contributed by atoms with Gasteiger partial charge >= 0.3 is 5.97 Å². The molecule has 0 unspecified atom stereocenters. The predicted octanol–water partition coefficient (Wildman–Crippen LogP) is 4.60. The van der Waals surface area contributed by atoms with Crippen molar-refractivity contribution < 1.29 is 18.8 Å². The number of hydrogen-bond acceptors (Lipinski definition) is 8. The molecule has 0 saturated carbocycles. The molecule has 4 aromatic rings. The van der Waals surface area contributed by atoms with E-state index in [0.29, 0.717) is 32.0 Å². The van der Waals surface area contributed by atoms with Gasteiger partial charge in [-0.05, 0) is 89.6 Å². The lowest BCUT2D eigenvalue weighted by molar-refractivity contribution is -0.159. The smallest absolute Gasteiger partial charge is 0.329 e. The number of esters is 1. The highest BCUT2D eigenvalue weighted by atomic mass is 16.6. The molecule has 10 nitrogen and oxygen atoms in total. The van der Waals surface area contributed by atoms with Crippen LogP contribution in [-0.4, -0.2) is 70.9 Å². The van der Waals surface area contributed by atoms with Crippen molar-refractivity contribution in [3.05, 3.63) is 66.0 Å². The van der Waals surface area contributed by atoms with E-state index in [1.165, 1.54) is 0 Å². The van der Waals surface area contributed by atoms with Crippen LogP contribution in [0.5, 0.6) is 0 Å². The van der Waals surface area contributed by atoms with Gasteiger partial charge in [-0.15, -0.1) is 0 Å². The van der Waals surface area contributed by atoms with E-state index >= 15 is 0 Å². The SMILES string of the molecule is CC(C)(C)OC(=O)[C@H](CCCCN)NC(=O)[C@@H](Cc1c[nH]c2ccccc12)NCN1CCC(c2noc3ccccc23)CC1. The minimum Gasteiger partial charge on any atom is -0.458 e. The maximum Gasteiger partial charge on any atom is 0.329 e. The molecule has 1 aliphatic rings. The lowest BCUT2D eigenvalue weighted by Crippen LogP contribution is -2.54. The molecule has 1 fully saturated rings. The Morgan fingerprint density at radius 1 is 1.07 bits per heavy atom. The summed E-state index contributed by atoms with van der Waals surface area (Å²) in [7, 11) is 0. The fourth-order valence-corrected chi connectivity index (χ4v) is 5.97. The van der Waals surface area contributed by atoms with Gasteiger partial charge in [0.1, 0.15) is 11.6 Å². The van der Waals surface area contributed by atoms with Gasteiger partial charge in [0.25, 0.3) is 0 Å². The first kappa shape index (κ1) is 31.7. The highest BCUT2D eigenvalue weighted by molar-refractivity contribution is 5.89. The van der Waals surface area contributed by atoms with Crippen molar-refractivity contribution in [2.45, 2.75) is 82.9 Å². The molecule has 1 aliphatic heterocycles. The molecule has 0 bridgehead atoms. The van der Waals surface area contributed by atoms with Crippen LogP contribution in [0.15, 0.2) is 59.3 Å². The van der Waals surface area contributed by atoms with Crippen molar-refractivity contribution in [2.24, 2.45) is 5.73 Å². The Balaban J connectivity index is 1.26. The summed E-state index contributed by atoms with van der Waals surface area (Å²) in [5.74, 6) is -0.303. The number of unbranched alkanes of at least 4 members (excludes halogenated alkanes) is 1. The highest BCUT2D eigenvalue weighted by Gasteiger charge is 2.31. The molecule has 1 saturated heterocycles. The molecule has 1 amide bonds. The molecule has 2 atom stereocenters. The number of fused-ring (bicyclic) bond motifs is 2. The number of piperidine rings is 1. The Bertz CT molecular complexity index is 1530. The number of hydrogen-bond donors (Lipinski definition) is 4. The van der Waals surface area contributed by atoms with E-state index in [9.17, 15) is 9.59 Å². The van der Waals surface area contributed by atoms with Gasteiger partial charge < -0.3 is 25.3 Å². The van der Waals surface area contributed by atoms with Gasteiger partial charge in [-0.2, -0.15) is 0 Å². The molecule has 5 rings (SSSR count). The van der Waals surface area contributed by atoms with E-state index in [1.807, 2.05) is 63.4 Å². The van der Waals surface area contributed by atoms with Crippen LogP contribution in [0, 0.1) is 0 Å². The average Bonchev–Trinajstić information content (AvgIpc) is 3.62. The number of nitrogens with one attached hydrogen (secondary N) is 3. The summed E-state index contributed by atoms with van der Waals surface area (Å²) in [6.45, 7) is 8.33. The second kappa shape index (κ2) is 14.4. The molecule has 2 aromatic heterocycles. The number of amides is 1. The van der Waals surface area contributed by atoms with Crippen molar-refractivity contribution in [2.75, 3.05) is 26.3 Å². The van der Waals surface area contributed by atoms with Crippen molar-refractivity contribution >= 4 is 33.7 Å². The van der Waals surface area contributed by atoms with Crippen molar-refractivity contribution in [1.82, 2.24) is 25.7 Å². The van der Waals surface area contributed by atoms with E-state index < -0.39 is 23.7 Å². The zero-order valence-electron chi connectivity index (χ0n) is 26.1. The van der Waals surface area contributed by atoms with Crippen LogP contribution < -0.4 is 16.4 Å². The Hall–Kier alpha value is -3.73. The number of benzene rings is 2. The summed E-state index contributed by atoms with van der Waals surface area (Å²) in [5.41, 5.74) is 8.98. The number of rotatable bonds is 13. The van der Waals surface area contributed by atoms with Crippen molar-refractivity contribution in [3.63, 3.8) is 0 Å². The van der Waals surface area contributed by atoms with Gasteiger partial charge in [-0.25, -0.2) is 4.79 Å². The van der Waals surface area contributed by atoms with E-state index in [2.05, 4.69) is 37.8 Å². The minimum absolute atomic E-state index is 0.220. The van der Waals surface area contributed by atoms with Crippen molar-refractivity contribution in [1.29, 1.82) is 0 Å². The Kier molecular flexibility index (Phi) is 10.3. The Morgan fingerprint density at radius 3 is 2.55 bits per heavy atom. The third-order valence-electron chi connectivity index (χ3n) is 8.31. The number of aromatic amines is 1. The number of carbonyl (C=O) groups excluding carboxylic acids is 2. The normalized spacial score (nSPS) is 16.3. The third kappa shape index (κ3) is 8.05. The summed E-state index contributed by atoms with van der Waals surface area (Å²) in [4.78, 5) is 32.6. The lowest BCUT2D eigenvalue weighted by atomic mass is 9.92. The molecule has 2 aromatic carbocycles. The average molecular weight is 603 g/mol. The summed E-state index contributed by atoms with van der Waals surface area (Å²) in [5, 5.41) is 13.1. The number of ether oxygens (including phenoxy) is 1. The fourth-order valence-electron chi connectivity index (χ4n) is 5.97. The highest BCUT2D eigenvalue weighted by Crippen LogP contribution is 2.32. The molecule has 10 heteroatoms. The summed E-state index contributed by atoms with van der Waals surface area (Å²) >= 11 is 0. The van der Waals surface area contributed by atoms with Gasteiger partial charge in [-0.1, -0.05) is 35.5 Å². The van der Waals surface area contributed by atoms with E-state index in [4.69, 9.17) is 15.0 Å². The van der Waals surface area contributed by atoms with Crippen LogP contribution in [0.4, 0.5) is 0 Å². The first-order valence-electron chi connectivity index (χ1n) is 15.8. The molecule has 3 heterocycles. The topological polar surface area (TPSA) is 139 Å². The van der Waals surface area contributed by atoms with Gasteiger partial charge in [0, 0.05) is 48.2 Å². The van der Waals surface area contributed by atoms with Crippen LogP contribution in [0.3, 0.4) is 0 Å². The summed E-state index contributed by atoms with van der Waals surface area (Å²) < 4.78 is 11.2. The quantitative estimate of drug-likeness (QED) is 0.129. The number of H-pyrrole nitrogens is 1. The molecule has 5 N–H and O–H groups in total. The molecule has 236 valence electrons. The van der Waals surface area contributed by atoms with Crippen LogP contribution in [0.1, 0.15) is 70.1 Å². The monoisotopic (exact) mass is 602 g/mol. The fraction of sp³-hybridized carbons (Fsp3) is 0.500. The second-order valence-electron chi connectivity index (χ2n) is 12.8. The Labute approximate surface area is 259 Å². The van der Waals surface area contributed by atoms with Crippen molar-refractivity contribution in [3.8, 4) is 0 Å². The molecule has 0 spiro atoms. The molecule has 0 aliphatic carbocycles. The van der Waals surface area contributed by atoms with E-state index in [-0.39, 0.29) is 5.91 Å². The minimum atomic E-state index is -0.742. The summed E-state index contributed by atoms with van der Waals surface area (Å²) in [6, 6.07) is 14.8. The van der Waals surface area contributed by atoms with Gasteiger partial charge in [-0.3, -0.25) is 15.0 Å². The van der Waals surface area contributed by atoms with Crippen LogP contribution in [0.2, 0.25) is 0 Å². The van der Waals surface area contributed by atoms with Crippen LogP contribution >= 0.6 is 0 Å². The standard InChI is InChI=1S/C34H46N6O4/c1-34(2,3)43-33(42)28(13-8-9-17-35)38-32(41)29(20-24-21-36-27-12-6-4-10-25(24)27)37-22-40-18-15-23(16-19-40)31-26-11-5-7-14-30(26)44-39-31/h4-7,10-12,14,21,23,28-29,36-37H,8-9,13,15-20,22,35H2,1-3H3,(H,38,41)/t28-,29+/m0/s1. The largest absolute Gasteiger partial charge is 0.458 e.